The Morgan fingerprint density at radius 2 is 2.00 bits per heavy atom. The maximum absolute atomic E-state index is 5.82. The van der Waals surface area contributed by atoms with Gasteiger partial charge in [0.1, 0.15) is 12.4 Å². The molecule has 0 bridgehead atoms. The van der Waals surface area contributed by atoms with Crippen LogP contribution in [0.15, 0.2) is 24.3 Å². The van der Waals surface area contributed by atoms with Crippen LogP contribution in [0, 0.1) is 0 Å². The van der Waals surface area contributed by atoms with E-state index in [1.807, 2.05) is 12.1 Å². The van der Waals surface area contributed by atoms with Gasteiger partial charge in [0, 0.05) is 12.1 Å². The lowest BCUT2D eigenvalue weighted by atomic mass is 10.0. The first kappa shape index (κ1) is 14.4. The third kappa shape index (κ3) is 3.95. The topological polar surface area (TPSA) is 38.5 Å². The summed E-state index contributed by atoms with van der Waals surface area (Å²) in [5.74, 6) is 0.956. The summed E-state index contributed by atoms with van der Waals surface area (Å²) in [7, 11) is 0. The molecule has 3 nitrogen and oxygen atoms in total. The summed E-state index contributed by atoms with van der Waals surface area (Å²) < 4.78 is 5.82. The number of likely N-dealkylation sites (tertiary alicyclic amines) is 1. The van der Waals surface area contributed by atoms with E-state index in [1.165, 1.54) is 24.9 Å². The predicted molar refractivity (Wildman–Crippen MR) is 79.6 cm³/mol. The number of hydrogen-bond donors (Lipinski definition) is 1. The quantitative estimate of drug-likeness (QED) is 0.856. The van der Waals surface area contributed by atoms with Gasteiger partial charge in [0.15, 0.2) is 0 Å². The normalized spacial score (nSPS) is 18.7. The molecule has 106 valence electrons. The van der Waals surface area contributed by atoms with Crippen LogP contribution >= 0.6 is 0 Å². The van der Waals surface area contributed by atoms with Crippen molar-refractivity contribution >= 4 is 0 Å². The van der Waals surface area contributed by atoms with E-state index < -0.39 is 0 Å². The molecule has 1 saturated heterocycles. The zero-order valence-corrected chi connectivity index (χ0v) is 12.2. The molecule has 1 fully saturated rings. The molecule has 0 radical (unpaired) electrons. The third-order valence-electron chi connectivity index (χ3n) is 4.06. The fraction of sp³-hybridized carbons (Fsp3) is 0.625. The Morgan fingerprint density at radius 3 is 2.58 bits per heavy atom. The number of nitrogens with two attached hydrogens (primary N) is 1. The molecule has 1 aromatic rings. The van der Waals surface area contributed by atoms with Crippen LogP contribution in [-0.2, 0) is 6.42 Å². The monoisotopic (exact) mass is 262 g/mol. The Hall–Kier alpha value is -1.06. The van der Waals surface area contributed by atoms with Crippen molar-refractivity contribution in [3.63, 3.8) is 0 Å². The second-order valence-electron chi connectivity index (χ2n) is 5.93. The second-order valence-corrected chi connectivity index (χ2v) is 5.93. The number of benzene rings is 1. The van der Waals surface area contributed by atoms with Crippen LogP contribution in [0.5, 0.6) is 5.75 Å². The van der Waals surface area contributed by atoms with Crippen molar-refractivity contribution in [1.82, 2.24) is 4.90 Å². The molecule has 0 amide bonds. The molecule has 2 rings (SSSR count). The lowest BCUT2D eigenvalue weighted by Gasteiger charge is -2.31. The molecular weight excluding hydrogens is 236 g/mol. The van der Waals surface area contributed by atoms with Crippen LogP contribution < -0.4 is 10.5 Å². The van der Waals surface area contributed by atoms with Crippen LogP contribution in [0.25, 0.3) is 0 Å². The van der Waals surface area contributed by atoms with Gasteiger partial charge in [-0.3, -0.25) is 4.90 Å². The van der Waals surface area contributed by atoms with Crippen LogP contribution in [-0.4, -0.2) is 36.7 Å². The Labute approximate surface area is 116 Å². The van der Waals surface area contributed by atoms with Gasteiger partial charge in [0.25, 0.3) is 0 Å². The second kappa shape index (κ2) is 6.40. The summed E-state index contributed by atoms with van der Waals surface area (Å²) in [6.07, 6.45) is 3.53. The zero-order chi connectivity index (χ0) is 13.7. The molecule has 0 saturated carbocycles. The summed E-state index contributed by atoms with van der Waals surface area (Å²) in [5.41, 5.74) is 7.15. The number of rotatable bonds is 6. The fourth-order valence-corrected chi connectivity index (χ4v) is 2.77. The highest BCUT2D eigenvalue weighted by molar-refractivity contribution is 5.27. The summed E-state index contributed by atoms with van der Waals surface area (Å²) in [5, 5.41) is 0. The van der Waals surface area contributed by atoms with Gasteiger partial charge in [-0.15, -0.1) is 0 Å². The SMILES string of the molecule is CC1(C)CCCN1CCOc1ccc(CCN)cc1. The maximum Gasteiger partial charge on any atom is 0.119 e. The Balaban J connectivity index is 1.76. The van der Waals surface area contributed by atoms with Crippen LogP contribution in [0.1, 0.15) is 32.3 Å². The molecule has 0 aliphatic carbocycles. The minimum Gasteiger partial charge on any atom is -0.492 e. The number of nitrogens with zero attached hydrogens (tertiary/aromatic N) is 1. The van der Waals surface area contributed by atoms with Crippen molar-refractivity contribution in [2.45, 2.75) is 38.6 Å². The molecule has 1 aromatic carbocycles. The van der Waals surface area contributed by atoms with Gasteiger partial charge in [0.2, 0.25) is 0 Å². The lowest BCUT2D eigenvalue weighted by Crippen LogP contribution is -2.40. The van der Waals surface area contributed by atoms with Crippen LogP contribution in [0.2, 0.25) is 0 Å². The smallest absolute Gasteiger partial charge is 0.119 e. The molecule has 1 heterocycles. The van der Waals surface area contributed by atoms with Crippen molar-refractivity contribution in [3.05, 3.63) is 29.8 Å². The summed E-state index contributed by atoms with van der Waals surface area (Å²) >= 11 is 0. The highest BCUT2D eigenvalue weighted by Crippen LogP contribution is 2.27. The van der Waals surface area contributed by atoms with Crippen LogP contribution in [0.4, 0.5) is 0 Å². The lowest BCUT2D eigenvalue weighted by molar-refractivity contribution is 0.143. The van der Waals surface area contributed by atoms with Gasteiger partial charge in [-0.1, -0.05) is 12.1 Å². The fourth-order valence-electron chi connectivity index (χ4n) is 2.77. The maximum atomic E-state index is 5.82. The standard InChI is InChI=1S/C16H26N2O/c1-16(2)9-3-11-18(16)12-13-19-15-6-4-14(5-7-15)8-10-17/h4-7H,3,8-13,17H2,1-2H3. The molecule has 2 N–H and O–H groups in total. The largest absolute Gasteiger partial charge is 0.492 e. The van der Waals surface area contributed by atoms with Crippen molar-refractivity contribution in [1.29, 1.82) is 0 Å². The van der Waals surface area contributed by atoms with Gasteiger partial charge in [-0.25, -0.2) is 0 Å². The Morgan fingerprint density at radius 1 is 1.26 bits per heavy atom. The highest BCUT2D eigenvalue weighted by Gasteiger charge is 2.31. The Bertz CT molecular complexity index is 386. The molecule has 1 aliphatic rings. The summed E-state index contributed by atoms with van der Waals surface area (Å²) in [4.78, 5) is 2.52. The van der Waals surface area contributed by atoms with Gasteiger partial charge in [0.05, 0.1) is 0 Å². The Kier molecular flexibility index (Phi) is 4.83. The average Bonchev–Trinajstić information content (AvgIpc) is 2.71. The first-order valence-corrected chi connectivity index (χ1v) is 7.29. The van der Waals surface area contributed by atoms with Gasteiger partial charge in [-0.2, -0.15) is 0 Å². The van der Waals surface area contributed by atoms with E-state index in [4.69, 9.17) is 10.5 Å². The van der Waals surface area contributed by atoms with E-state index in [0.29, 0.717) is 12.1 Å². The third-order valence-corrected chi connectivity index (χ3v) is 4.06. The minimum absolute atomic E-state index is 0.342. The molecular formula is C16H26N2O. The molecule has 0 aromatic heterocycles. The number of ether oxygens (including phenoxy) is 1. The molecule has 0 unspecified atom stereocenters. The van der Waals surface area contributed by atoms with E-state index in [0.717, 1.165) is 25.3 Å². The van der Waals surface area contributed by atoms with Crippen molar-refractivity contribution in [3.8, 4) is 5.75 Å². The predicted octanol–water partition coefficient (Wildman–Crippen LogP) is 2.44. The molecule has 3 heteroatoms. The number of hydrogen-bond acceptors (Lipinski definition) is 3. The molecule has 1 aliphatic heterocycles. The first-order chi connectivity index (χ1) is 9.12. The highest BCUT2D eigenvalue weighted by atomic mass is 16.5. The molecule has 0 atom stereocenters. The van der Waals surface area contributed by atoms with Gasteiger partial charge in [-0.05, 0) is 63.9 Å². The summed E-state index contributed by atoms with van der Waals surface area (Å²) in [6.45, 7) is 8.32. The van der Waals surface area contributed by atoms with E-state index >= 15 is 0 Å². The van der Waals surface area contributed by atoms with E-state index in [1.54, 1.807) is 0 Å². The van der Waals surface area contributed by atoms with Gasteiger partial charge >= 0.3 is 0 Å². The van der Waals surface area contributed by atoms with Crippen molar-refractivity contribution in [2.75, 3.05) is 26.2 Å². The van der Waals surface area contributed by atoms with Crippen molar-refractivity contribution in [2.24, 2.45) is 5.73 Å². The molecule has 19 heavy (non-hydrogen) atoms. The van der Waals surface area contributed by atoms with Crippen molar-refractivity contribution < 1.29 is 4.74 Å². The van der Waals surface area contributed by atoms with E-state index in [2.05, 4.69) is 30.9 Å². The zero-order valence-electron chi connectivity index (χ0n) is 12.2. The van der Waals surface area contributed by atoms with E-state index in [-0.39, 0.29) is 0 Å². The van der Waals surface area contributed by atoms with Crippen LogP contribution in [0.3, 0.4) is 0 Å². The minimum atomic E-state index is 0.342. The first-order valence-electron chi connectivity index (χ1n) is 7.29. The van der Waals surface area contributed by atoms with Gasteiger partial charge < -0.3 is 10.5 Å². The summed E-state index contributed by atoms with van der Waals surface area (Å²) in [6, 6.07) is 8.28. The molecule has 0 spiro atoms. The van der Waals surface area contributed by atoms with E-state index in [9.17, 15) is 0 Å². The average molecular weight is 262 g/mol.